The molecule has 9 heteroatoms. The molecule has 0 radical (unpaired) electrons. The van der Waals surface area contributed by atoms with Crippen LogP contribution in [0.15, 0.2) is 41.2 Å². The van der Waals surface area contributed by atoms with Crippen LogP contribution in [0.3, 0.4) is 0 Å². The minimum atomic E-state index is -0.404. The van der Waals surface area contributed by atoms with Gasteiger partial charge in [0.2, 0.25) is 5.89 Å². The number of imidazole rings is 1. The first-order valence-electron chi connectivity index (χ1n) is 9.39. The average Bonchev–Trinajstić information content (AvgIpc) is 3.14. The number of nitrogens with one attached hydrogen (secondary N) is 1. The molecule has 1 N–H and O–H groups in total. The second kappa shape index (κ2) is 5.75. The summed E-state index contributed by atoms with van der Waals surface area (Å²) < 4.78 is 7.47. The number of H-pyrrole nitrogens is 1. The molecule has 1 amide bonds. The van der Waals surface area contributed by atoms with Gasteiger partial charge >= 0.3 is 11.8 Å². The number of aromatic nitrogens is 6. The van der Waals surface area contributed by atoms with E-state index < -0.39 is 6.04 Å². The van der Waals surface area contributed by atoms with Crippen molar-refractivity contribution in [3.63, 3.8) is 0 Å². The second-order valence-corrected chi connectivity index (χ2v) is 7.28. The number of carbonyl (C=O) groups is 1. The van der Waals surface area contributed by atoms with Gasteiger partial charge in [-0.05, 0) is 31.0 Å². The summed E-state index contributed by atoms with van der Waals surface area (Å²) in [5.74, 6) is 0.623. The maximum atomic E-state index is 13.2. The lowest BCUT2D eigenvalue weighted by atomic mass is 9.99. The number of carbonyl (C=O) groups excluding carboxylic acids is 1. The van der Waals surface area contributed by atoms with Crippen LogP contribution < -0.4 is 0 Å². The summed E-state index contributed by atoms with van der Waals surface area (Å²) in [7, 11) is 0. The molecule has 1 aliphatic heterocycles. The summed E-state index contributed by atoms with van der Waals surface area (Å²) in [5, 5.41) is 12.7. The number of nitrogens with zero attached hydrogens (tertiary/aromatic N) is 6. The van der Waals surface area contributed by atoms with E-state index >= 15 is 0 Å². The SMILES string of the molecule is O=C(c1nnc(C2CC2)o1)N1CCc2[nH]cnc2[C@@H]1c1cc2ccccn2n1. The highest BCUT2D eigenvalue weighted by molar-refractivity contribution is 5.90. The standard InChI is InChI=1S/C19H17N7O2/c27-19(18-23-22-17(28-18)11-4-5-11)25-8-6-13-15(21-10-20-13)16(25)14-9-12-3-1-2-7-26(12)24-14/h1-3,7,9-11,16H,4-6,8H2,(H,20,21)/t16-/m0/s1. The number of fused-ring (bicyclic) bond motifs is 2. The van der Waals surface area contributed by atoms with Gasteiger partial charge in [0.25, 0.3) is 0 Å². The van der Waals surface area contributed by atoms with Crippen molar-refractivity contribution >= 4 is 11.4 Å². The lowest BCUT2D eigenvalue weighted by molar-refractivity contribution is 0.0644. The van der Waals surface area contributed by atoms with Crippen molar-refractivity contribution in [2.24, 2.45) is 0 Å². The van der Waals surface area contributed by atoms with Gasteiger partial charge in [0, 0.05) is 30.8 Å². The van der Waals surface area contributed by atoms with Crippen LogP contribution >= 0.6 is 0 Å². The molecule has 140 valence electrons. The van der Waals surface area contributed by atoms with Gasteiger partial charge in [-0.3, -0.25) is 4.79 Å². The Morgan fingerprint density at radius 3 is 3.04 bits per heavy atom. The molecule has 0 aromatic carbocycles. The topological polar surface area (TPSA) is 105 Å². The van der Waals surface area contributed by atoms with Gasteiger partial charge in [0.1, 0.15) is 6.04 Å². The van der Waals surface area contributed by atoms with Crippen LogP contribution in [-0.4, -0.2) is 47.1 Å². The second-order valence-electron chi connectivity index (χ2n) is 7.28. The van der Waals surface area contributed by atoms with E-state index in [4.69, 9.17) is 4.42 Å². The van der Waals surface area contributed by atoms with Gasteiger partial charge in [-0.25, -0.2) is 9.50 Å². The normalized spacial score (nSPS) is 19.1. The zero-order chi connectivity index (χ0) is 18.7. The Morgan fingerprint density at radius 1 is 1.25 bits per heavy atom. The predicted molar refractivity (Wildman–Crippen MR) is 96.6 cm³/mol. The molecule has 4 aromatic rings. The third-order valence-electron chi connectivity index (χ3n) is 5.41. The monoisotopic (exact) mass is 375 g/mol. The summed E-state index contributed by atoms with van der Waals surface area (Å²) >= 11 is 0. The highest BCUT2D eigenvalue weighted by Crippen LogP contribution is 2.39. The van der Waals surface area contributed by atoms with Crippen LogP contribution in [0, 0.1) is 0 Å². The van der Waals surface area contributed by atoms with Crippen molar-refractivity contribution in [2.75, 3.05) is 6.54 Å². The fourth-order valence-electron chi connectivity index (χ4n) is 3.83. The molecule has 9 nitrogen and oxygen atoms in total. The van der Waals surface area contributed by atoms with E-state index in [1.807, 2.05) is 30.5 Å². The van der Waals surface area contributed by atoms with E-state index in [2.05, 4.69) is 25.3 Å². The van der Waals surface area contributed by atoms with E-state index in [1.54, 1.807) is 15.7 Å². The molecule has 1 saturated carbocycles. The first-order chi connectivity index (χ1) is 13.8. The predicted octanol–water partition coefficient (Wildman–Crippen LogP) is 2.11. The van der Waals surface area contributed by atoms with Gasteiger partial charge in [-0.15, -0.1) is 10.2 Å². The third-order valence-corrected chi connectivity index (χ3v) is 5.41. The van der Waals surface area contributed by atoms with Crippen LogP contribution in [-0.2, 0) is 6.42 Å². The number of hydrogen-bond acceptors (Lipinski definition) is 6. The van der Waals surface area contributed by atoms with Crippen LogP contribution in [0.2, 0.25) is 0 Å². The van der Waals surface area contributed by atoms with Crippen molar-refractivity contribution in [3.8, 4) is 0 Å². The first-order valence-corrected chi connectivity index (χ1v) is 9.39. The molecule has 1 atom stereocenters. The maximum absolute atomic E-state index is 13.2. The third kappa shape index (κ3) is 2.35. The Morgan fingerprint density at radius 2 is 2.18 bits per heavy atom. The number of hydrogen-bond donors (Lipinski definition) is 1. The zero-order valence-corrected chi connectivity index (χ0v) is 14.9. The Kier molecular flexibility index (Phi) is 3.20. The minimum Gasteiger partial charge on any atom is -0.417 e. The largest absolute Gasteiger partial charge is 0.417 e. The average molecular weight is 375 g/mol. The molecule has 1 fully saturated rings. The van der Waals surface area contributed by atoms with Gasteiger partial charge in [-0.1, -0.05) is 6.07 Å². The fraction of sp³-hybridized carbons (Fsp3) is 0.316. The molecule has 5 heterocycles. The van der Waals surface area contributed by atoms with E-state index in [-0.39, 0.29) is 11.8 Å². The van der Waals surface area contributed by atoms with Crippen molar-refractivity contribution in [1.82, 2.24) is 34.7 Å². The van der Waals surface area contributed by atoms with E-state index in [0.29, 0.717) is 24.8 Å². The Hall–Kier alpha value is -3.49. The van der Waals surface area contributed by atoms with Crippen molar-refractivity contribution in [3.05, 3.63) is 65.7 Å². The number of rotatable bonds is 3. The highest BCUT2D eigenvalue weighted by Gasteiger charge is 2.39. The molecule has 4 aromatic heterocycles. The van der Waals surface area contributed by atoms with Gasteiger partial charge in [-0.2, -0.15) is 5.10 Å². The lowest BCUT2D eigenvalue weighted by Crippen LogP contribution is -2.41. The molecule has 0 bridgehead atoms. The molecule has 0 saturated heterocycles. The Balaban J connectivity index is 1.43. The van der Waals surface area contributed by atoms with E-state index in [9.17, 15) is 4.79 Å². The summed E-state index contributed by atoms with van der Waals surface area (Å²) in [6.07, 6.45) is 6.33. The zero-order valence-electron chi connectivity index (χ0n) is 14.9. The van der Waals surface area contributed by atoms with Gasteiger partial charge in [0.15, 0.2) is 0 Å². The number of aromatic amines is 1. The molecule has 0 spiro atoms. The quantitative estimate of drug-likeness (QED) is 0.588. The molecule has 28 heavy (non-hydrogen) atoms. The molecule has 1 aliphatic carbocycles. The minimum absolute atomic E-state index is 0.0367. The van der Waals surface area contributed by atoms with Crippen LogP contribution in [0.25, 0.3) is 5.52 Å². The highest BCUT2D eigenvalue weighted by atomic mass is 16.4. The molecule has 2 aliphatic rings. The maximum Gasteiger partial charge on any atom is 0.312 e. The summed E-state index contributed by atoms with van der Waals surface area (Å²) in [4.78, 5) is 22.6. The summed E-state index contributed by atoms with van der Waals surface area (Å²) in [6.45, 7) is 0.522. The molecular formula is C19H17N7O2. The number of amides is 1. The van der Waals surface area contributed by atoms with E-state index in [0.717, 1.165) is 35.4 Å². The Bertz CT molecular complexity index is 1150. The van der Waals surface area contributed by atoms with Crippen molar-refractivity contribution < 1.29 is 9.21 Å². The van der Waals surface area contributed by atoms with Gasteiger partial charge < -0.3 is 14.3 Å². The number of pyridine rings is 1. The van der Waals surface area contributed by atoms with Crippen LogP contribution in [0.4, 0.5) is 0 Å². The van der Waals surface area contributed by atoms with Crippen molar-refractivity contribution in [2.45, 2.75) is 31.2 Å². The van der Waals surface area contributed by atoms with E-state index in [1.165, 1.54) is 0 Å². The lowest BCUT2D eigenvalue weighted by Gasteiger charge is -2.32. The van der Waals surface area contributed by atoms with Crippen molar-refractivity contribution in [1.29, 1.82) is 0 Å². The molecule has 6 rings (SSSR count). The smallest absolute Gasteiger partial charge is 0.312 e. The molecular weight excluding hydrogens is 358 g/mol. The summed E-state index contributed by atoms with van der Waals surface area (Å²) in [5.41, 5.74) is 3.55. The van der Waals surface area contributed by atoms with Gasteiger partial charge in [0.05, 0.1) is 23.2 Å². The fourth-order valence-corrected chi connectivity index (χ4v) is 3.83. The Labute approximate surface area is 159 Å². The first kappa shape index (κ1) is 15.6. The van der Waals surface area contributed by atoms with Crippen LogP contribution in [0.1, 0.15) is 58.5 Å². The molecule has 0 unspecified atom stereocenters. The summed E-state index contributed by atoms with van der Waals surface area (Å²) in [6, 6.07) is 7.45. The van der Waals surface area contributed by atoms with Crippen LogP contribution in [0.5, 0.6) is 0 Å².